The van der Waals surface area contributed by atoms with Crippen LogP contribution in [0.3, 0.4) is 0 Å². The number of benzene rings is 2. The van der Waals surface area contributed by atoms with E-state index >= 15 is 0 Å². The molecule has 196 valence electrons. The number of nitro benzene ring substituents is 1. The van der Waals surface area contributed by atoms with Crippen molar-refractivity contribution in [2.24, 2.45) is 11.7 Å². The summed E-state index contributed by atoms with van der Waals surface area (Å²) in [6.07, 6.45) is 3.88. The third kappa shape index (κ3) is 4.88. The average Bonchev–Trinajstić information content (AvgIpc) is 3.59. The first-order chi connectivity index (χ1) is 18.2. The van der Waals surface area contributed by atoms with Gasteiger partial charge in [0.15, 0.2) is 5.75 Å². The van der Waals surface area contributed by atoms with Gasteiger partial charge in [0.25, 0.3) is 11.6 Å². The molecule has 1 aliphatic rings. The first-order valence-electron chi connectivity index (χ1n) is 11.6. The Morgan fingerprint density at radius 2 is 2.11 bits per heavy atom. The Morgan fingerprint density at radius 3 is 2.84 bits per heavy atom. The zero-order valence-corrected chi connectivity index (χ0v) is 20.7. The molecule has 0 saturated carbocycles. The van der Waals surface area contributed by atoms with Crippen LogP contribution in [0, 0.1) is 16.0 Å². The highest BCUT2D eigenvalue weighted by Gasteiger charge is 2.29. The summed E-state index contributed by atoms with van der Waals surface area (Å²) < 4.78 is 38.7. The lowest BCUT2D eigenvalue weighted by molar-refractivity contribution is -0.384. The molecule has 5 rings (SSSR count). The van der Waals surface area contributed by atoms with Crippen LogP contribution >= 0.6 is 0 Å². The van der Waals surface area contributed by atoms with Crippen LogP contribution in [0.25, 0.3) is 11.0 Å². The van der Waals surface area contributed by atoms with Crippen LogP contribution in [0.2, 0.25) is 0 Å². The summed E-state index contributed by atoms with van der Waals surface area (Å²) in [5.41, 5.74) is 5.73. The topological polar surface area (TPSA) is 180 Å². The third-order valence-electron chi connectivity index (χ3n) is 6.21. The predicted molar refractivity (Wildman–Crippen MR) is 137 cm³/mol. The van der Waals surface area contributed by atoms with Crippen molar-refractivity contribution in [2.75, 3.05) is 25.1 Å². The van der Waals surface area contributed by atoms with Crippen LogP contribution in [0.4, 0.5) is 11.4 Å². The van der Waals surface area contributed by atoms with Crippen molar-refractivity contribution in [2.45, 2.75) is 16.2 Å². The summed E-state index contributed by atoms with van der Waals surface area (Å²) in [5.74, 6) is -0.838. The fourth-order valence-electron chi connectivity index (χ4n) is 4.22. The fraction of sp³-hybridized carbons (Fsp3) is 0.200. The minimum atomic E-state index is -4.39. The molecule has 2 aromatic heterocycles. The molecule has 1 amide bonds. The van der Waals surface area contributed by atoms with Gasteiger partial charge in [0.05, 0.1) is 28.2 Å². The molecule has 1 fully saturated rings. The maximum Gasteiger partial charge on any atom is 0.293 e. The molecule has 1 saturated heterocycles. The Morgan fingerprint density at radius 1 is 1.26 bits per heavy atom. The van der Waals surface area contributed by atoms with Gasteiger partial charge in [0.1, 0.15) is 22.0 Å². The second kappa shape index (κ2) is 10.1. The van der Waals surface area contributed by atoms with E-state index in [1.54, 1.807) is 18.3 Å². The van der Waals surface area contributed by atoms with Gasteiger partial charge in [-0.3, -0.25) is 14.9 Å². The molecule has 38 heavy (non-hydrogen) atoms. The molecule has 0 aliphatic carbocycles. The van der Waals surface area contributed by atoms with Crippen LogP contribution in [0.1, 0.15) is 16.8 Å². The summed E-state index contributed by atoms with van der Waals surface area (Å²) in [7, 11) is -4.39. The molecule has 3 heterocycles. The maximum atomic E-state index is 13.7. The van der Waals surface area contributed by atoms with Crippen LogP contribution in [0.15, 0.2) is 70.7 Å². The molecular formula is C25H23N5O7S. The number of ether oxygens (including phenoxy) is 2. The normalized spacial score (nSPS) is 15.4. The number of nitro groups is 1. The number of fused-ring (bicyclic) bond motifs is 1. The van der Waals surface area contributed by atoms with Crippen molar-refractivity contribution in [1.29, 1.82) is 0 Å². The van der Waals surface area contributed by atoms with Gasteiger partial charge < -0.3 is 25.5 Å². The predicted octanol–water partition coefficient (Wildman–Crippen LogP) is 3.64. The number of carbonyl (C=O) groups excluding carboxylic acids is 1. The summed E-state index contributed by atoms with van der Waals surface area (Å²) in [5, 5.41) is 15.5. The number of H-pyrrole nitrogens is 1. The summed E-state index contributed by atoms with van der Waals surface area (Å²) >= 11 is 0. The van der Waals surface area contributed by atoms with Gasteiger partial charge in [-0.25, -0.2) is 13.4 Å². The summed E-state index contributed by atoms with van der Waals surface area (Å²) in [6.45, 7) is 1.64. The van der Waals surface area contributed by atoms with E-state index < -0.39 is 26.4 Å². The Balaban J connectivity index is 1.54. The number of pyridine rings is 1. The number of nitrogens with zero attached hydrogens (tertiary/aromatic N) is 2. The molecule has 4 N–H and O–H groups in total. The van der Waals surface area contributed by atoms with E-state index in [4.69, 9.17) is 15.2 Å². The molecule has 4 aromatic rings. The molecule has 1 aliphatic heterocycles. The molecule has 1 unspecified atom stereocenters. The van der Waals surface area contributed by atoms with Gasteiger partial charge in [-0.2, -0.15) is 0 Å². The third-order valence-corrected chi connectivity index (χ3v) is 7.99. The average molecular weight is 538 g/mol. The number of nitrogens with two attached hydrogens (primary N) is 1. The van der Waals surface area contributed by atoms with Gasteiger partial charge in [-0.1, -0.05) is 6.07 Å². The van der Waals surface area contributed by atoms with Crippen molar-refractivity contribution in [3.8, 4) is 11.5 Å². The van der Waals surface area contributed by atoms with Gasteiger partial charge in [0.2, 0.25) is 9.84 Å². The molecular weight excluding hydrogens is 514 g/mol. The Kier molecular flexibility index (Phi) is 6.70. The van der Waals surface area contributed by atoms with E-state index in [2.05, 4.69) is 15.3 Å². The number of primary amides is 1. The SMILES string of the molecule is NC(=O)c1cccc(S(=O)(=O)c2ccc(NCC3CCOC3)c([N+](=O)[O-])c2)c1Oc1cnc2[nH]ccc2c1. The maximum absolute atomic E-state index is 13.7. The van der Waals surface area contributed by atoms with Crippen molar-refractivity contribution in [3.63, 3.8) is 0 Å². The smallest absolute Gasteiger partial charge is 0.293 e. The molecule has 0 bridgehead atoms. The second-order valence-electron chi connectivity index (χ2n) is 8.74. The van der Waals surface area contributed by atoms with Crippen LogP contribution in [-0.2, 0) is 14.6 Å². The fourth-order valence-corrected chi connectivity index (χ4v) is 5.65. The Bertz CT molecular complexity index is 1650. The monoisotopic (exact) mass is 537 g/mol. The number of hydrogen-bond acceptors (Lipinski definition) is 9. The lowest BCUT2D eigenvalue weighted by atomic mass is 10.1. The number of amides is 1. The van der Waals surface area contributed by atoms with Crippen molar-refractivity contribution >= 4 is 38.2 Å². The van der Waals surface area contributed by atoms with E-state index in [1.165, 1.54) is 36.5 Å². The molecule has 13 heteroatoms. The van der Waals surface area contributed by atoms with E-state index in [9.17, 15) is 23.3 Å². The molecule has 1 atom stereocenters. The molecule has 12 nitrogen and oxygen atoms in total. The van der Waals surface area contributed by atoms with Crippen molar-refractivity contribution in [1.82, 2.24) is 9.97 Å². The highest BCUT2D eigenvalue weighted by Crippen LogP contribution is 2.38. The highest BCUT2D eigenvalue weighted by molar-refractivity contribution is 7.91. The minimum absolute atomic E-state index is 0.170. The van der Waals surface area contributed by atoms with Crippen LogP contribution < -0.4 is 15.8 Å². The number of sulfone groups is 1. The van der Waals surface area contributed by atoms with Gasteiger partial charge >= 0.3 is 0 Å². The zero-order chi connectivity index (χ0) is 26.9. The summed E-state index contributed by atoms with van der Waals surface area (Å²) in [6, 6.07) is 10.9. The summed E-state index contributed by atoms with van der Waals surface area (Å²) in [4.78, 5) is 29.8. The van der Waals surface area contributed by atoms with Gasteiger partial charge in [0, 0.05) is 36.7 Å². The number of rotatable bonds is 9. The standard InChI is InChI=1S/C25H23N5O7S/c26-24(31)19-2-1-3-22(23(19)37-17-10-16-6-8-27-25(16)29-13-17)38(34,35)18-4-5-20(21(11-18)30(32)33)28-12-15-7-9-36-14-15/h1-6,8,10-11,13,15,28H,7,9,12,14H2,(H2,26,31)(H,27,29). The quantitative estimate of drug-likeness (QED) is 0.212. The number of aromatic nitrogens is 2. The number of carbonyl (C=O) groups is 1. The number of para-hydroxylation sites is 1. The van der Waals surface area contributed by atoms with Crippen molar-refractivity contribution in [3.05, 3.63) is 76.6 Å². The van der Waals surface area contributed by atoms with E-state index in [1.807, 2.05) is 0 Å². The lowest BCUT2D eigenvalue weighted by Gasteiger charge is -2.15. The number of hydrogen-bond donors (Lipinski definition) is 3. The number of aromatic amines is 1. The highest BCUT2D eigenvalue weighted by atomic mass is 32.2. The largest absolute Gasteiger partial charge is 0.453 e. The number of anilines is 1. The molecule has 0 spiro atoms. The first-order valence-corrected chi connectivity index (χ1v) is 13.1. The zero-order valence-electron chi connectivity index (χ0n) is 19.9. The molecule has 2 aromatic carbocycles. The van der Waals surface area contributed by atoms with E-state index in [0.717, 1.165) is 12.5 Å². The van der Waals surface area contributed by atoms with E-state index in [0.29, 0.717) is 30.8 Å². The Hall–Kier alpha value is -4.49. The Labute approximate surface area is 216 Å². The lowest BCUT2D eigenvalue weighted by Crippen LogP contribution is -2.16. The van der Waals surface area contributed by atoms with Crippen LogP contribution in [0.5, 0.6) is 11.5 Å². The first kappa shape index (κ1) is 25.2. The van der Waals surface area contributed by atoms with Crippen LogP contribution in [-0.4, -0.2) is 49.0 Å². The van der Waals surface area contributed by atoms with Crippen molar-refractivity contribution < 1.29 is 27.6 Å². The number of nitrogens with one attached hydrogen (secondary N) is 2. The second-order valence-corrected chi connectivity index (χ2v) is 10.7. The van der Waals surface area contributed by atoms with Gasteiger partial charge in [-0.05, 0) is 42.8 Å². The van der Waals surface area contributed by atoms with E-state index in [-0.39, 0.29) is 38.5 Å². The van der Waals surface area contributed by atoms with Gasteiger partial charge in [-0.15, -0.1) is 0 Å². The minimum Gasteiger partial charge on any atom is -0.453 e. The molecule has 0 radical (unpaired) electrons.